The standard InChI is InChI=1S/C8H8N2O.2C2H6/c1-5-2-3-6-7(4-5)11-8(9)10-6;2*1-2/h2-4H,1H3,(H2,9,10);2*1-2H3. The number of benzene rings is 1. The summed E-state index contributed by atoms with van der Waals surface area (Å²) in [5, 5.41) is 0. The van der Waals surface area contributed by atoms with Crippen LogP contribution in [-0.2, 0) is 0 Å². The zero-order valence-corrected chi connectivity index (χ0v) is 10.2. The molecule has 0 saturated carbocycles. The number of oxazole rings is 1. The van der Waals surface area contributed by atoms with Crippen molar-refractivity contribution in [2.45, 2.75) is 34.6 Å². The Balaban J connectivity index is 0.000000442. The average Bonchev–Trinajstić information content (AvgIpc) is 2.63. The third kappa shape index (κ3) is 3.62. The van der Waals surface area contributed by atoms with Crippen LogP contribution in [0.3, 0.4) is 0 Å². The maximum absolute atomic E-state index is 5.36. The van der Waals surface area contributed by atoms with E-state index < -0.39 is 0 Å². The Hall–Kier alpha value is -1.51. The molecule has 2 aromatic rings. The van der Waals surface area contributed by atoms with Gasteiger partial charge < -0.3 is 10.2 Å². The molecule has 84 valence electrons. The Kier molecular flexibility index (Phi) is 6.18. The van der Waals surface area contributed by atoms with Gasteiger partial charge in [0, 0.05) is 0 Å². The lowest BCUT2D eigenvalue weighted by molar-refractivity contribution is 0.626. The maximum atomic E-state index is 5.36. The van der Waals surface area contributed by atoms with Crippen molar-refractivity contribution in [3.05, 3.63) is 23.8 Å². The fraction of sp³-hybridized carbons (Fsp3) is 0.417. The van der Waals surface area contributed by atoms with Crippen molar-refractivity contribution in [3.63, 3.8) is 0 Å². The van der Waals surface area contributed by atoms with E-state index in [2.05, 4.69) is 4.98 Å². The lowest BCUT2D eigenvalue weighted by atomic mass is 10.2. The Labute approximate surface area is 91.3 Å². The number of aromatic nitrogens is 1. The first-order valence-electron chi connectivity index (χ1n) is 5.38. The van der Waals surface area contributed by atoms with Gasteiger partial charge in [0.1, 0.15) is 5.52 Å². The van der Waals surface area contributed by atoms with Gasteiger partial charge in [0.15, 0.2) is 5.58 Å². The van der Waals surface area contributed by atoms with Crippen molar-refractivity contribution in [2.75, 3.05) is 5.73 Å². The number of aryl methyl sites for hydroxylation is 1. The largest absolute Gasteiger partial charge is 0.424 e. The van der Waals surface area contributed by atoms with Crippen LogP contribution in [-0.4, -0.2) is 4.98 Å². The molecular formula is C12H20N2O. The van der Waals surface area contributed by atoms with Gasteiger partial charge in [-0.25, -0.2) is 0 Å². The molecule has 0 fully saturated rings. The summed E-state index contributed by atoms with van der Waals surface area (Å²) in [6.07, 6.45) is 0. The summed E-state index contributed by atoms with van der Waals surface area (Å²) >= 11 is 0. The lowest BCUT2D eigenvalue weighted by Crippen LogP contribution is -1.80. The summed E-state index contributed by atoms with van der Waals surface area (Å²) in [7, 11) is 0. The van der Waals surface area contributed by atoms with E-state index in [0.29, 0.717) is 0 Å². The Bertz CT molecular complexity index is 393. The number of nitrogens with zero attached hydrogens (tertiary/aromatic N) is 1. The van der Waals surface area contributed by atoms with Crippen LogP contribution < -0.4 is 5.73 Å². The Morgan fingerprint density at radius 1 is 1.13 bits per heavy atom. The van der Waals surface area contributed by atoms with Gasteiger partial charge in [-0.05, 0) is 24.6 Å². The molecule has 15 heavy (non-hydrogen) atoms. The molecule has 0 aliphatic heterocycles. The number of hydrogen-bond donors (Lipinski definition) is 1. The molecule has 1 aromatic carbocycles. The maximum Gasteiger partial charge on any atom is 0.292 e. The van der Waals surface area contributed by atoms with Crippen LogP contribution in [0.15, 0.2) is 22.6 Å². The summed E-state index contributed by atoms with van der Waals surface area (Å²) in [4.78, 5) is 3.97. The van der Waals surface area contributed by atoms with E-state index in [-0.39, 0.29) is 6.01 Å². The molecule has 0 amide bonds. The zero-order valence-electron chi connectivity index (χ0n) is 10.2. The first-order valence-corrected chi connectivity index (χ1v) is 5.38. The molecular weight excluding hydrogens is 188 g/mol. The van der Waals surface area contributed by atoms with Crippen molar-refractivity contribution in [1.29, 1.82) is 0 Å². The molecule has 3 nitrogen and oxygen atoms in total. The van der Waals surface area contributed by atoms with E-state index in [1.807, 2.05) is 52.8 Å². The fourth-order valence-electron chi connectivity index (χ4n) is 1.05. The highest BCUT2D eigenvalue weighted by Gasteiger charge is 2.00. The van der Waals surface area contributed by atoms with Crippen molar-refractivity contribution in [1.82, 2.24) is 4.98 Å². The minimum absolute atomic E-state index is 0.227. The Morgan fingerprint density at radius 3 is 2.33 bits per heavy atom. The van der Waals surface area contributed by atoms with E-state index in [1.54, 1.807) is 0 Å². The van der Waals surface area contributed by atoms with E-state index in [9.17, 15) is 0 Å². The first-order chi connectivity index (χ1) is 7.25. The molecule has 0 radical (unpaired) electrons. The predicted octanol–water partition coefficient (Wildman–Crippen LogP) is 3.77. The molecule has 0 bridgehead atoms. The summed E-state index contributed by atoms with van der Waals surface area (Å²) in [5.74, 6) is 0. The second-order valence-electron chi connectivity index (χ2n) is 2.52. The zero-order chi connectivity index (χ0) is 11.8. The molecule has 1 aromatic heterocycles. The van der Waals surface area contributed by atoms with Crippen molar-refractivity contribution >= 4 is 17.1 Å². The number of fused-ring (bicyclic) bond motifs is 1. The third-order valence-corrected chi connectivity index (χ3v) is 1.56. The van der Waals surface area contributed by atoms with Gasteiger partial charge in [-0.15, -0.1) is 0 Å². The van der Waals surface area contributed by atoms with Crippen molar-refractivity contribution in [3.8, 4) is 0 Å². The van der Waals surface area contributed by atoms with E-state index in [4.69, 9.17) is 10.2 Å². The third-order valence-electron chi connectivity index (χ3n) is 1.56. The Morgan fingerprint density at radius 2 is 1.73 bits per heavy atom. The van der Waals surface area contributed by atoms with Gasteiger partial charge in [0.2, 0.25) is 0 Å². The van der Waals surface area contributed by atoms with Crippen LogP contribution in [0.5, 0.6) is 0 Å². The SMILES string of the molecule is CC.CC.Cc1ccc2nc(N)oc2c1. The van der Waals surface area contributed by atoms with Gasteiger partial charge in [-0.2, -0.15) is 4.98 Å². The van der Waals surface area contributed by atoms with Crippen LogP contribution in [0.25, 0.3) is 11.1 Å². The molecule has 0 atom stereocenters. The molecule has 1 heterocycles. The highest BCUT2D eigenvalue weighted by molar-refractivity contribution is 5.74. The molecule has 2 N–H and O–H groups in total. The molecule has 0 aliphatic carbocycles. The number of nitrogen functional groups attached to an aromatic ring is 1. The van der Waals surface area contributed by atoms with E-state index >= 15 is 0 Å². The highest BCUT2D eigenvalue weighted by atomic mass is 16.4. The fourth-order valence-corrected chi connectivity index (χ4v) is 1.05. The lowest BCUT2D eigenvalue weighted by Gasteiger charge is -1.87. The predicted molar refractivity (Wildman–Crippen MR) is 65.9 cm³/mol. The van der Waals surface area contributed by atoms with Crippen LogP contribution in [0.2, 0.25) is 0 Å². The highest BCUT2D eigenvalue weighted by Crippen LogP contribution is 2.17. The van der Waals surface area contributed by atoms with Gasteiger partial charge >= 0.3 is 0 Å². The minimum atomic E-state index is 0.227. The number of rotatable bonds is 0. The summed E-state index contributed by atoms with van der Waals surface area (Å²) in [5.41, 5.74) is 8.08. The number of anilines is 1. The van der Waals surface area contributed by atoms with Gasteiger partial charge in [-0.3, -0.25) is 0 Å². The normalized spacial score (nSPS) is 8.60. The summed E-state index contributed by atoms with van der Waals surface area (Å²) in [6.45, 7) is 10.00. The minimum Gasteiger partial charge on any atom is -0.424 e. The first kappa shape index (κ1) is 13.5. The second-order valence-corrected chi connectivity index (χ2v) is 2.52. The van der Waals surface area contributed by atoms with Gasteiger partial charge in [0.25, 0.3) is 6.01 Å². The van der Waals surface area contributed by atoms with Crippen molar-refractivity contribution in [2.24, 2.45) is 0 Å². The van der Waals surface area contributed by atoms with Crippen LogP contribution in [0, 0.1) is 6.92 Å². The number of hydrogen-bond acceptors (Lipinski definition) is 3. The number of nitrogens with two attached hydrogens (primary N) is 1. The van der Waals surface area contributed by atoms with Crippen LogP contribution in [0.1, 0.15) is 33.3 Å². The van der Waals surface area contributed by atoms with Gasteiger partial charge in [-0.1, -0.05) is 33.8 Å². The molecule has 0 aliphatic rings. The van der Waals surface area contributed by atoms with E-state index in [1.165, 1.54) is 0 Å². The molecule has 2 rings (SSSR count). The summed E-state index contributed by atoms with van der Waals surface area (Å²) in [6, 6.07) is 6.01. The van der Waals surface area contributed by atoms with Crippen molar-refractivity contribution < 1.29 is 4.42 Å². The average molecular weight is 208 g/mol. The summed E-state index contributed by atoms with van der Waals surface area (Å²) < 4.78 is 5.12. The topological polar surface area (TPSA) is 52.0 Å². The van der Waals surface area contributed by atoms with Gasteiger partial charge in [0.05, 0.1) is 0 Å². The molecule has 3 heteroatoms. The monoisotopic (exact) mass is 208 g/mol. The second kappa shape index (κ2) is 6.87. The van der Waals surface area contributed by atoms with Crippen LogP contribution >= 0.6 is 0 Å². The molecule has 0 unspecified atom stereocenters. The van der Waals surface area contributed by atoms with E-state index in [0.717, 1.165) is 16.7 Å². The molecule has 0 saturated heterocycles. The quantitative estimate of drug-likeness (QED) is 0.717. The molecule has 0 spiro atoms. The van der Waals surface area contributed by atoms with Crippen LogP contribution in [0.4, 0.5) is 6.01 Å². The smallest absolute Gasteiger partial charge is 0.292 e.